The molecule has 1 heterocycles. The Hall–Kier alpha value is -2.44. The molecule has 0 fully saturated rings. The number of rotatable bonds is 2. The largest absolute Gasteiger partial charge is 0.416 e. The van der Waals surface area contributed by atoms with Gasteiger partial charge in [-0.15, -0.1) is 0 Å². The van der Waals surface area contributed by atoms with E-state index in [0.29, 0.717) is 23.9 Å². The van der Waals surface area contributed by atoms with Crippen LogP contribution < -0.4 is 5.32 Å². The Balaban J connectivity index is 2.28. The summed E-state index contributed by atoms with van der Waals surface area (Å²) < 4.78 is 51.2. The van der Waals surface area contributed by atoms with Gasteiger partial charge in [-0.1, -0.05) is 0 Å². The third-order valence-corrected chi connectivity index (χ3v) is 2.71. The van der Waals surface area contributed by atoms with Crippen LogP contribution in [-0.2, 0) is 6.18 Å². The van der Waals surface area contributed by atoms with Crippen molar-refractivity contribution < 1.29 is 22.4 Å². The van der Waals surface area contributed by atoms with E-state index in [4.69, 9.17) is 0 Å². The lowest BCUT2D eigenvalue weighted by Gasteiger charge is -2.10. The molecule has 110 valence electrons. The number of carbonyl (C=O) groups is 1. The second-order valence-corrected chi connectivity index (χ2v) is 4.33. The van der Waals surface area contributed by atoms with Crippen molar-refractivity contribution in [2.45, 2.75) is 13.1 Å². The number of anilines is 1. The molecule has 0 atom stereocenters. The molecule has 0 aliphatic rings. The van der Waals surface area contributed by atoms with Crippen molar-refractivity contribution in [1.82, 2.24) is 4.98 Å². The first kappa shape index (κ1) is 15.0. The zero-order valence-corrected chi connectivity index (χ0v) is 10.8. The number of hydrogen-bond acceptors (Lipinski definition) is 2. The Morgan fingerprint density at radius 1 is 1.19 bits per heavy atom. The number of hydrogen-bond donors (Lipinski definition) is 1. The maximum absolute atomic E-state index is 13.5. The number of aryl methyl sites for hydroxylation is 1. The summed E-state index contributed by atoms with van der Waals surface area (Å²) in [4.78, 5) is 15.8. The van der Waals surface area contributed by atoms with Gasteiger partial charge in [-0.25, -0.2) is 4.39 Å². The van der Waals surface area contributed by atoms with Crippen molar-refractivity contribution in [3.8, 4) is 0 Å². The molecule has 0 radical (unpaired) electrons. The van der Waals surface area contributed by atoms with E-state index in [9.17, 15) is 22.4 Å². The van der Waals surface area contributed by atoms with Crippen LogP contribution in [0.2, 0.25) is 0 Å². The summed E-state index contributed by atoms with van der Waals surface area (Å²) in [6.07, 6.45) is -3.31. The summed E-state index contributed by atoms with van der Waals surface area (Å²) in [5, 5.41) is 2.30. The number of aromatic nitrogens is 1. The first-order chi connectivity index (χ1) is 9.77. The molecular formula is C14H10F4N2O. The van der Waals surface area contributed by atoms with Crippen LogP contribution in [0, 0.1) is 12.7 Å². The van der Waals surface area contributed by atoms with Crippen LogP contribution in [-0.4, -0.2) is 10.9 Å². The molecule has 1 amide bonds. The van der Waals surface area contributed by atoms with Gasteiger partial charge in [0.1, 0.15) is 5.82 Å². The lowest BCUT2D eigenvalue weighted by Crippen LogP contribution is -2.16. The van der Waals surface area contributed by atoms with Crippen molar-refractivity contribution in [1.29, 1.82) is 0 Å². The van der Waals surface area contributed by atoms with Crippen LogP contribution in [0.3, 0.4) is 0 Å². The fourth-order valence-electron chi connectivity index (χ4n) is 1.62. The molecule has 2 aromatic rings. The smallest absolute Gasteiger partial charge is 0.320 e. The topological polar surface area (TPSA) is 42.0 Å². The number of amides is 1. The number of nitrogens with one attached hydrogen (secondary N) is 1. The molecule has 0 bridgehead atoms. The normalized spacial score (nSPS) is 11.3. The van der Waals surface area contributed by atoms with Crippen molar-refractivity contribution in [2.24, 2.45) is 0 Å². The van der Waals surface area contributed by atoms with Gasteiger partial charge in [0.05, 0.1) is 23.0 Å². The van der Waals surface area contributed by atoms with Crippen molar-refractivity contribution >= 4 is 11.6 Å². The Morgan fingerprint density at radius 2 is 1.90 bits per heavy atom. The molecule has 2 rings (SSSR count). The third-order valence-electron chi connectivity index (χ3n) is 2.71. The lowest BCUT2D eigenvalue weighted by molar-refractivity contribution is -0.137. The predicted molar refractivity (Wildman–Crippen MR) is 68.3 cm³/mol. The highest BCUT2D eigenvalue weighted by Gasteiger charge is 2.31. The van der Waals surface area contributed by atoms with Crippen LogP contribution in [0.25, 0.3) is 0 Å². The SMILES string of the molecule is Cc1ccc(NC(=O)c2cc(C(F)(F)F)ccc2F)cn1. The molecule has 21 heavy (non-hydrogen) atoms. The van der Waals surface area contributed by atoms with Gasteiger partial charge in [-0.05, 0) is 37.3 Å². The highest BCUT2D eigenvalue weighted by molar-refractivity contribution is 6.04. The van der Waals surface area contributed by atoms with E-state index >= 15 is 0 Å². The van der Waals surface area contributed by atoms with E-state index in [2.05, 4.69) is 10.3 Å². The number of pyridine rings is 1. The summed E-state index contributed by atoms with van der Waals surface area (Å²) in [5.74, 6) is -2.00. The Morgan fingerprint density at radius 3 is 2.48 bits per heavy atom. The minimum atomic E-state index is -4.64. The second-order valence-electron chi connectivity index (χ2n) is 4.33. The van der Waals surface area contributed by atoms with Crippen LogP contribution in [0.1, 0.15) is 21.6 Å². The summed E-state index contributed by atoms with van der Waals surface area (Å²) in [7, 11) is 0. The zero-order valence-electron chi connectivity index (χ0n) is 10.8. The third kappa shape index (κ3) is 3.56. The zero-order chi connectivity index (χ0) is 15.6. The van der Waals surface area contributed by atoms with Gasteiger partial charge < -0.3 is 5.32 Å². The molecular weight excluding hydrogens is 288 g/mol. The highest BCUT2D eigenvalue weighted by Crippen LogP contribution is 2.30. The number of carbonyl (C=O) groups excluding carboxylic acids is 1. The van der Waals surface area contributed by atoms with E-state index in [-0.39, 0.29) is 5.69 Å². The van der Waals surface area contributed by atoms with Gasteiger partial charge in [-0.3, -0.25) is 9.78 Å². The predicted octanol–water partition coefficient (Wildman–Crippen LogP) is 3.80. The van der Waals surface area contributed by atoms with E-state index in [1.165, 1.54) is 12.3 Å². The monoisotopic (exact) mass is 298 g/mol. The van der Waals surface area contributed by atoms with Gasteiger partial charge in [-0.2, -0.15) is 13.2 Å². The number of nitrogens with zero attached hydrogens (tertiary/aromatic N) is 1. The summed E-state index contributed by atoms with van der Waals surface area (Å²) in [5.41, 5.74) is -0.790. The van der Waals surface area contributed by atoms with Gasteiger partial charge in [0, 0.05) is 5.69 Å². The maximum Gasteiger partial charge on any atom is 0.416 e. The Labute approximate surface area is 117 Å². The summed E-state index contributed by atoms with van der Waals surface area (Å²) in [6.45, 7) is 1.73. The van der Waals surface area contributed by atoms with Crippen LogP contribution in [0.15, 0.2) is 36.5 Å². The van der Waals surface area contributed by atoms with Gasteiger partial charge >= 0.3 is 6.18 Å². The molecule has 1 N–H and O–H groups in total. The standard InChI is InChI=1S/C14H10F4N2O/c1-8-2-4-10(7-19-8)20-13(21)11-6-9(14(16,17)18)3-5-12(11)15/h2-7H,1H3,(H,20,21). The molecule has 0 aliphatic carbocycles. The molecule has 0 saturated carbocycles. The number of benzene rings is 1. The van der Waals surface area contributed by atoms with Crippen LogP contribution in [0.4, 0.5) is 23.2 Å². The van der Waals surface area contributed by atoms with E-state index in [1.54, 1.807) is 13.0 Å². The van der Waals surface area contributed by atoms with Gasteiger partial charge in [0.15, 0.2) is 0 Å². The first-order valence-electron chi connectivity index (χ1n) is 5.88. The Bertz CT molecular complexity index is 666. The molecule has 0 saturated heterocycles. The first-order valence-corrected chi connectivity index (χ1v) is 5.88. The number of alkyl halides is 3. The fourth-order valence-corrected chi connectivity index (χ4v) is 1.62. The number of halogens is 4. The van der Waals surface area contributed by atoms with E-state index < -0.39 is 29.0 Å². The van der Waals surface area contributed by atoms with Gasteiger partial charge in [0.25, 0.3) is 5.91 Å². The average molecular weight is 298 g/mol. The van der Waals surface area contributed by atoms with Crippen LogP contribution in [0.5, 0.6) is 0 Å². The van der Waals surface area contributed by atoms with E-state index in [0.717, 1.165) is 0 Å². The molecule has 0 aliphatic heterocycles. The van der Waals surface area contributed by atoms with Crippen LogP contribution >= 0.6 is 0 Å². The minimum Gasteiger partial charge on any atom is -0.320 e. The molecule has 0 spiro atoms. The maximum atomic E-state index is 13.5. The molecule has 1 aromatic heterocycles. The Kier molecular flexibility index (Phi) is 3.93. The second kappa shape index (κ2) is 5.51. The molecule has 3 nitrogen and oxygen atoms in total. The van der Waals surface area contributed by atoms with Crippen molar-refractivity contribution in [3.63, 3.8) is 0 Å². The average Bonchev–Trinajstić information content (AvgIpc) is 2.40. The minimum absolute atomic E-state index is 0.266. The van der Waals surface area contributed by atoms with Crippen molar-refractivity contribution in [2.75, 3.05) is 5.32 Å². The highest BCUT2D eigenvalue weighted by atomic mass is 19.4. The molecule has 7 heteroatoms. The fraction of sp³-hybridized carbons (Fsp3) is 0.143. The summed E-state index contributed by atoms with van der Waals surface area (Å²) in [6, 6.07) is 4.81. The quantitative estimate of drug-likeness (QED) is 0.857. The van der Waals surface area contributed by atoms with Crippen molar-refractivity contribution in [3.05, 3.63) is 59.2 Å². The lowest BCUT2D eigenvalue weighted by atomic mass is 10.1. The van der Waals surface area contributed by atoms with E-state index in [1.807, 2.05) is 0 Å². The molecule has 1 aromatic carbocycles. The van der Waals surface area contributed by atoms with Gasteiger partial charge in [0.2, 0.25) is 0 Å². The summed E-state index contributed by atoms with van der Waals surface area (Å²) >= 11 is 0. The molecule has 0 unspecified atom stereocenters.